The molecule has 0 unspecified atom stereocenters. The van der Waals surface area contributed by atoms with Gasteiger partial charge in [-0.3, -0.25) is 4.57 Å². The third-order valence-corrected chi connectivity index (χ3v) is 5.52. The van der Waals surface area contributed by atoms with Gasteiger partial charge in [0.25, 0.3) is 7.37 Å². The molecule has 0 fully saturated rings. The number of halogens is 3. The minimum absolute atomic E-state index is 0.202. The molecule has 0 radical (unpaired) electrons. The van der Waals surface area contributed by atoms with Crippen LogP contribution in [-0.2, 0) is 15.3 Å². The molecular formula is C15H14F3O2P. The summed E-state index contributed by atoms with van der Waals surface area (Å²) in [5.41, 5.74) is -0.776. The fraction of sp³-hybridized carbons (Fsp3) is 0.200. The minimum atomic E-state index is -4.42. The summed E-state index contributed by atoms with van der Waals surface area (Å²) in [4.78, 5) is 0. The molecule has 0 amide bonds. The van der Waals surface area contributed by atoms with Crippen molar-refractivity contribution in [1.29, 1.82) is 0 Å². The smallest absolute Gasteiger partial charge is 0.322 e. The van der Waals surface area contributed by atoms with Crippen LogP contribution in [0.3, 0.4) is 0 Å². The molecule has 0 saturated carbocycles. The highest BCUT2D eigenvalue weighted by atomic mass is 31.2. The Morgan fingerprint density at radius 2 is 1.48 bits per heavy atom. The summed E-state index contributed by atoms with van der Waals surface area (Å²) in [7, 11) is -3.36. The average Bonchev–Trinajstić information content (AvgIpc) is 2.47. The highest BCUT2D eigenvalue weighted by Gasteiger charge is 2.32. The predicted molar refractivity (Wildman–Crippen MR) is 76.4 cm³/mol. The molecule has 0 N–H and O–H groups in total. The molecule has 0 saturated heterocycles. The van der Waals surface area contributed by atoms with Crippen LogP contribution in [0.15, 0.2) is 54.6 Å². The first kappa shape index (κ1) is 15.8. The van der Waals surface area contributed by atoms with E-state index in [1.54, 1.807) is 37.3 Å². The second-order valence-corrected chi connectivity index (χ2v) is 6.74. The van der Waals surface area contributed by atoms with Gasteiger partial charge in [0.1, 0.15) is 0 Å². The van der Waals surface area contributed by atoms with Crippen molar-refractivity contribution < 1.29 is 22.3 Å². The third kappa shape index (κ3) is 3.36. The third-order valence-electron chi connectivity index (χ3n) is 2.94. The minimum Gasteiger partial charge on any atom is -0.322 e. The molecular weight excluding hydrogens is 300 g/mol. The van der Waals surface area contributed by atoms with Crippen LogP contribution in [0.5, 0.6) is 0 Å². The molecule has 2 nitrogen and oxygen atoms in total. The Bertz CT molecular complexity index is 636. The normalized spacial score (nSPS) is 14.7. The quantitative estimate of drug-likeness (QED) is 0.798. The van der Waals surface area contributed by atoms with Gasteiger partial charge in [-0.2, -0.15) is 13.2 Å². The van der Waals surface area contributed by atoms with Gasteiger partial charge >= 0.3 is 6.18 Å². The van der Waals surface area contributed by atoms with Gasteiger partial charge < -0.3 is 4.52 Å². The molecule has 0 aromatic heterocycles. The van der Waals surface area contributed by atoms with Gasteiger partial charge in [-0.25, -0.2) is 0 Å². The van der Waals surface area contributed by atoms with Gasteiger partial charge in [-0.15, -0.1) is 0 Å². The van der Waals surface area contributed by atoms with E-state index in [2.05, 4.69) is 0 Å². The lowest BCUT2D eigenvalue weighted by molar-refractivity contribution is -0.137. The molecule has 0 aliphatic rings. The fourth-order valence-electron chi connectivity index (χ4n) is 1.95. The average molecular weight is 314 g/mol. The monoisotopic (exact) mass is 314 g/mol. The van der Waals surface area contributed by atoms with E-state index < -0.39 is 19.1 Å². The molecule has 0 heterocycles. The largest absolute Gasteiger partial charge is 0.416 e. The zero-order chi connectivity index (χ0) is 15.5. The van der Waals surface area contributed by atoms with Crippen molar-refractivity contribution in [3.63, 3.8) is 0 Å². The SMILES string of the molecule is CCO[P@@](=O)(c1ccccc1)c1ccc(C(F)(F)F)cc1. The van der Waals surface area contributed by atoms with Gasteiger partial charge in [0.2, 0.25) is 0 Å². The molecule has 2 rings (SSSR count). The highest BCUT2D eigenvalue weighted by Crippen LogP contribution is 2.44. The second kappa shape index (κ2) is 6.04. The Balaban J connectivity index is 2.47. The Hall–Kier alpha value is -1.58. The van der Waals surface area contributed by atoms with Crippen molar-refractivity contribution in [2.45, 2.75) is 13.1 Å². The molecule has 6 heteroatoms. The molecule has 0 aliphatic carbocycles. The van der Waals surface area contributed by atoms with E-state index in [4.69, 9.17) is 4.52 Å². The molecule has 112 valence electrons. The lowest BCUT2D eigenvalue weighted by Crippen LogP contribution is -2.19. The second-order valence-electron chi connectivity index (χ2n) is 4.35. The molecule has 0 spiro atoms. The van der Waals surface area contributed by atoms with Crippen LogP contribution >= 0.6 is 7.37 Å². The fourth-order valence-corrected chi connectivity index (χ4v) is 4.02. The number of alkyl halides is 3. The lowest BCUT2D eigenvalue weighted by atomic mass is 10.2. The summed E-state index contributed by atoms with van der Waals surface area (Å²) < 4.78 is 56.2. The maximum Gasteiger partial charge on any atom is 0.416 e. The van der Waals surface area contributed by atoms with Crippen LogP contribution < -0.4 is 10.6 Å². The van der Waals surface area contributed by atoms with Crippen molar-refractivity contribution in [2.75, 3.05) is 6.61 Å². The Morgan fingerprint density at radius 3 is 1.95 bits per heavy atom. The van der Waals surface area contributed by atoms with E-state index in [0.717, 1.165) is 12.1 Å². The predicted octanol–water partition coefficient (Wildman–Crippen LogP) is 3.97. The van der Waals surface area contributed by atoms with Crippen LogP contribution in [0.1, 0.15) is 12.5 Å². The summed E-state index contributed by atoms with van der Waals surface area (Å²) >= 11 is 0. The molecule has 1 atom stereocenters. The highest BCUT2D eigenvalue weighted by molar-refractivity contribution is 7.74. The first-order valence-electron chi connectivity index (χ1n) is 6.36. The molecule has 0 bridgehead atoms. The van der Waals surface area contributed by atoms with Crippen LogP contribution in [0.2, 0.25) is 0 Å². The van der Waals surface area contributed by atoms with Crippen LogP contribution in [0.4, 0.5) is 13.2 Å². The van der Waals surface area contributed by atoms with Gasteiger partial charge in [-0.05, 0) is 43.3 Å². The maximum atomic E-state index is 13.1. The Labute approximate surface area is 121 Å². The lowest BCUT2D eigenvalue weighted by Gasteiger charge is -2.19. The molecule has 21 heavy (non-hydrogen) atoms. The van der Waals surface area contributed by atoms with E-state index in [1.807, 2.05) is 0 Å². The van der Waals surface area contributed by atoms with E-state index in [-0.39, 0.29) is 11.9 Å². The standard InChI is InChI=1S/C15H14F3O2P/c1-2-20-21(19,13-6-4-3-5-7-13)14-10-8-12(9-11-14)15(16,17)18/h3-11H,2H2,1H3/t21-/m0/s1. The van der Waals surface area contributed by atoms with Gasteiger partial charge in [0, 0.05) is 10.6 Å². The van der Waals surface area contributed by atoms with Crippen molar-refractivity contribution >= 4 is 18.0 Å². The number of hydrogen-bond acceptors (Lipinski definition) is 2. The summed E-state index contributed by atoms with van der Waals surface area (Å²) in [5.74, 6) is 0. The zero-order valence-electron chi connectivity index (χ0n) is 11.3. The summed E-state index contributed by atoms with van der Waals surface area (Å²) in [6.45, 7) is 1.90. The number of hydrogen-bond donors (Lipinski definition) is 0. The van der Waals surface area contributed by atoms with Gasteiger partial charge in [0.15, 0.2) is 0 Å². The van der Waals surface area contributed by atoms with Crippen molar-refractivity contribution in [3.05, 3.63) is 60.2 Å². The van der Waals surface area contributed by atoms with Crippen LogP contribution in [0, 0.1) is 0 Å². The van der Waals surface area contributed by atoms with Crippen molar-refractivity contribution in [3.8, 4) is 0 Å². The number of rotatable bonds is 4. The first-order valence-corrected chi connectivity index (χ1v) is 7.98. The molecule has 2 aromatic rings. The first-order chi connectivity index (χ1) is 9.88. The van der Waals surface area contributed by atoms with Crippen molar-refractivity contribution in [2.24, 2.45) is 0 Å². The summed E-state index contributed by atoms with van der Waals surface area (Å²) in [6.07, 6.45) is -4.42. The molecule has 2 aromatic carbocycles. The van der Waals surface area contributed by atoms with Gasteiger partial charge in [-0.1, -0.05) is 18.2 Å². The van der Waals surface area contributed by atoms with E-state index in [9.17, 15) is 17.7 Å². The maximum absolute atomic E-state index is 13.1. The van der Waals surface area contributed by atoms with E-state index in [1.165, 1.54) is 12.1 Å². The summed E-state index contributed by atoms with van der Waals surface area (Å²) in [6, 6.07) is 12.8. The van der Waals surface area contributed by atoms with E-state index >= 15 is 0 Å². The zero-order valence-corrected chi connectivity index (χ0v) is 12.2. The topological polar surface area (TPSA) is 26.3 Å². The molecule has 0 aliphatic heterocycles. The van der Waals surface area contributed by atoms with Gasteiger partial charge in [0.05, 0.1) is 12.2 Å². The van der Waals surface area contributed by atoms with Crippen LogP contribution in [-0.4, -0.2) is 6.61 Å². The number of benzene rings is 2. The van der Waals surface area contributed by atoms with E-state index in [0.29, 0.717) is 5.30 Å². The van der Waals surface area contributed by atoms with Crippen LogP contribution in [0.25, 0.3) is 0 Å². The Morgan fingerprint density at radius 1 is 0.952 bits per heavy atom. The Kier molecular flexibility index (Phi) is 4.55. The van der Waals surface area contributed by atoms with Crippen molar-refractivity contribution in [1.82, 2.24) is 0 Å². The summed E-state index contributed by atoms with van der Waals surface area (Å²) in [5, 5.41) is 0.718.